The van der Waals surface area contributed by atoms with Crippen LogP contribution in [0, 0.1) is 0 Å². The second-order valence-electron chi connectivity index (χ2n) is 8.91. The average molecular weight is 644 g/mol. The highest BCUT2D eigenvalue weighted by Crippen LogP contribution is 2.28. The molecule has 0 heterocycles. The molecule has 17 heteroatoms. The number of carboxylic acid groups (broad SMARTS) is 1. The number of rotatable bonds is 9. The van der Waals surface area contributed by atoms with Gasteiger partial charge in [-0.1, -0.05) is 54.6 Å². The van der Waals surface area contributed by atoms with Crippen molar-refractivity contribution in [3.8, 4) is 11.1 Å². The van der Waals surface area contributed by atoms with Gasteiger partial charge < -0.3 is 16.3 Å². The zero-order valence-electron chi connectivity index (χ0n) is 22.7. The van der Waals surface area contributed by atoms with Gasteiger partial charge in [-0.2, -0.15) is 18.3 Å². The summed E-state index contributed by atoms with van der Waals surface area (Å²) in [5.74, 6) is 1.83. The number of carboxylic acids is 1. The molecule has 0 aliphatic rings. The third-order valence-corrected chi connectivity index (χ3v) is 7.84. The maximum atomic E-state index is 13.1. The average Bonchev–Trinajstić information content (AvgIpc) is 2.91. The summed E-state index contributed by atoms with van der Waals surface area (Å²) in [6.45, 7) is 0. The highest BCUT2D eigenvalue weighted by atomic mass is 32.2. The number of halogens is 3. The molecular weight excluding hydrogens is 615 g/mol. The van der Waals surface area contributed by atoms with Crippen molar-refractivity contribution in [3.05, 3.63) is 83.9 Å². The Bertz CT molecular complexity index is 1700. The highest BCUT2D eigenvalue weighted by molar-refractivity contribution is 7.89. The highest BCUT2D eigenvalue weighted by Gasteiger charge is 2.38. The third kappa shape index (κ3) is 10.4. The molecule has 0 bridgehead atoms. The number of alkyl halides is 3. The number of nitrogens with zero attached hydrogens (tertiary/aromatic N) is 2. The van der Waals surface area contributed by atoms with Gasteiger partial charge in [0.05, 0.1) is 17.4 Å². The number of benzene rings is 3. The summed E-state index contributed by atoms with van der Waals surface area (Å²) in [4.78, 5) is 22.0. The van der Waals surface area contributed by atoms with Crippen LogP contribution < -0.4 is 16.3 Å². The molecule has 43 heavy (non-hydrogen) atoms. The minimum Gasteiger partial charge on any atom is -0.475 e. The molecular formula is C26H28F3N5O7S2. The molecule has 0 saturated carbocycles. The fraction of sp³-hybridized carbons (Fsp3) is 0.192. The number of nitrogens with two attached hydrogens (primary N) is 2. The van der Waals surface area contributed by atoms with Crippen LogP contribution in [0.4, 0.5) is 18.9 Å². The van der Waals surface area contributed by atoms with Gasteiger partial charge in [0.2, 0.25) is 20.0 Å². The molecule has 0 spiro atoms. The van der Waals surface area contributed by atoms with Gasteiger partial charge in [0.15, 0.2) is 0 Å². The first-order valence-electron chi connectivity index (χ1n) is 11.9. The number of aliphatic carboxylic acids is 1. The Morgan fingerprint density at radius 1 is 1.02 bits per heavy atom. The first-order chi connectivity index (χ1) is 19.8. The van der Waals surface area contributed by atoms with Gasteiger partial charge in [0.25, 0.3) is 5.91 Å². The van der Waals surface area contributed by atoms with Crippen molar-refractivity contribution >= 4 is 43.8 Å². The largest absolute Gasteiger partial charge is 0.490 e. The van der Waals surface area contributed by atoms with E-state index in [2.05, 4.69) is 10.4 Å². The van der Waals surface area contributed by atoms with Crippen LogP contribution in [-0.2, 0) is 36.1 Å². The Hall–Kier alpha value is -4.48. The Morgan fingerprint density at radius 3 is 2.12 bits per heavy atom. The molecule has 3 rings (SSSR count). The number of nitrogens with one attached hydrogen (secondary N) is 1. The third-order valence-electron chi connectivity index (χ3n) is 5.69. The van der Waals surface area contributed by atoms with Gasteiger partial charge >= 0.3 is 12.1 Å². The number of hydrogen-bond acceptors (Lipinski definition) is 9. The summed E-state index contributed by atoms with van der Waals surface area (Å²) in [5, 5.41) is 19.1. The van der Waals surface area contributed by atoms with E-state index in [1.54, 1.807) is 60.7 Å². The number of carbonyl (C=O) groups excluding carboxylic acids is 1. The Morgan fingerprint density at radius 2 is 1.60 bits per heavy atom. The predicted molar refractivity (Wildman–Crippen MR) is 154 cm³/mol. The van der Waals surface area contributed by atoms with Crippen molar-refractivity contribution in [3.63, 3.8) is 0 Å². The molecule has 12 nitrogen and oxygen atoms in total. The van der Waals surface area contributed by atoms with Gasteiger partial charge in [0, 0.05) is 24.7 Å². The van der Waals surface area contributed by atoms with Crippen LogP contribution in [0.15, 0.2) is 82.8 Å². The molecule has 1 atom stereocenters. The fourth-order valence-corrected chi connectivity index (χ4v) is 4.82. The molecule has 1 amide bonds. The lowest BCUT2D eigenvalue weighted by molar-refractivity contribution is -0.192. The van der Waals surface area contributed by atoms with E-state index in [0.29, 0.717) is 21.1 Å². The van der Waals surface area contributed by atoms with E-state index in [4.69, 9.17) is 20.9 Å². The van der Waals surface area contributed by atoms with E-state index in [9.17, 15) is 34.8 Å². The molecule has 0 radical (unpaired) electrons. The fourth-order valence-electron chi connectivity index (χ4n) is 3.61. The van der Waals surface area contributed by atoms with Crippen molar-refractivity contribution < 1.29 is 44.7 Å². The van der Waals surface area contributed by atoms with Crippen LogP contribution in [0.25, 0.3) is 11.1 Å². The number of anilines is 1. The molecule has 0 fully saturated rings. The predicted octanol–water partition coefficient (Wildman–Crippen LogP) is 2.37. The molecule has 0 aliphatic heterocycles. The van der Waals surface area contributed by atoms with E-state index >= 15 is 0 Å². The minimum absolute atomic E-state index is 0.00515. The van der Waals surface area contributed by atoms with Crippen LogP contribution >= 0.6 is 0 Å². The Balaban J connectivity index is 0.000000821. The van der Waals surface area contributed by atoms with E-state index in [-0.39, 0.29) is 11.3 Å². The van der Waals surface area contributed by atoms with Crippen molar-refractivity contribution in [2.75, 3.05) is 18.6 Å². The molecule has 0 unspecified atom stereocenters. The summed E-state index contributed by atoms with van der Waals surface area (Å²) in [7, 11) is -6.49. The summed E-state index contributed by atoms with van der Waals surface area (Å²) in [5.41, 5.74) is 3.07. The second-order valence-corrected chi connectivity index (χ2v) is 12.5. The summed E-state index contributed by atoms with van der Waals surface area (Å²) in [6.07, 6.45) is -2.48. The Kier molecular flexibility index (Phi) is 11.4. The maximum Gasteiger partial charge on any atom is 0.490 e. The molecule has 232 valence electrons. The molecule has 3 aromatic carbocycles. The topological polar surface area (TPSA) is 202 Å². The van der Waals surface area contributed by atoms with Gasteiger partial charge in [-0.15, -0.1) is 0 Å². The molecule has 3 aromatic rings. The number of hydrazone groups is 1. The van der Waals surface area contributed by atoms with E-state index < -0.39 is 44.1 Å². The normalized spacial score (nSPS) is 12.6. The summed E-state index contributed by atoms with van der Waals surface area (Å²) in [6, 6.07) is 19.4. The zero-order valence-corrected chi connectivity index (χ0v) is 24.3. The monoisotopic (exact) mass is 643 g/mol. The molecule has 0 saturated heterocycles. The van der Waals surface area contributed by atoms with Crippen LogP contribution in [0.2, 0.25) is 0 Å². The van der Waals surface area contributed by atoms with Crippen molar-refractivity contribution in [2.45, 2.75) is 23.5 Å². The maximum absolute atomic E-state index is 13.1. The van der Waals surface area contributed by atoms with Crippen molar-refractivity contribution in [2.24, 2.45) is 16.1 Å². The lowest BCUT2D eigenvalue weighted by Gasteiger charge is -2.24. The van der Waals surface area contributed by atoms with Crippen LogP contribution in [0.1, 0.15) is 11.1 Å². The van der Waals surface area contributed by atoms with Crippen molar-refractivity contribution in [1.82, 2.24) is 4.31 Å². The number of likely N-dealkylation sites (N-methyl/N-ethyl adjacent to an activating group) is 1. The van der Waals surface area contributed by atoms with Gasteiger partial charge in [-0.3, -0.25) is 4.79 Å². The summed E-state index contributed by atoms with van der Waals surface area (Å²) >= 11 is 0. The number of amides is 1. The van der Waals surface area contributed by atoms with E-state index in [1.807, 2.05) is 6.07 Å². The Labute approximate surface area is 245 Å². The first-order valence-corrected chi connectivity index (χ1v) is 15.3. The lowest BCUT2D eigenvalue weighted by Crippen LogP contribution is -2.44. The zero-order chi connectivity index (χ0) is 32.6. The van der Waals surface area contributed by atoms with Gasteiger partial charge in [-0.25, -0.2) is 31.1 Å². The number of primary sulfonamides is 1. The van der Waals surface area contributed by atoms with E-state index in [1.165, 1.54) is 19.3 Å². The second kappa shape index (κ2) is 14.1. The number of carbonyl (C=O) groups is 2. The standard InChI is InChI=1S/C24H27N5O5S2.C2HF3O2/c1-29(35(2,31)32)24(30)22(15-17-6-5-7-18(14-17)16-27-25)28-20-12-10-19(11-13-20)21-8-3-4-9-23(21)36(26,33)34;3-2(4,5)1(6)7/h3-14,16,22,28H,15,25H2,1-2H3,(H2,26,33,34);(H,6,7)/t22-;/m0./s1. The SMILES string of the molecule is CN(C(=O)[C@H](Cc1cccc(C=NN)c1)Nc1ccc(-c2ccccc2S(N)(=O)=O)cc1)S(C)(=O)=O.O=C(O)C(F)(F)F. The smallest absolute Gasteiger partial charge is 0.475 e. The quantitative estimate of drug-likeness (QED) is 0.153. The van der Waals surface area contributed by atoms with Crippen LogP contribution in [-0.4, -0.2) is 69.9 Å². The van der Waals surface area contributed by atoms with Gasteiger partial charge in [0.1, 0.15) is 6.04 Å². The molecule has 0 aliphatic carbocycles. The lowest BCUT2D eigenvalue weighted by atomic mass is 10.0. The van der Waals surface area contributed by atoms with Crippen LogP contribution in [0.3, 0.4) is 0 Å². The minimum atomic E-state index is -5.08. The van der Waals surface area contributed by atoms with Crippen molar-refractivity contribution in [1.29, 1.82) is 0 Å². The molecule has 0 aromatic heterocycles. The number of sulfonamides is 2. The van der Waals surface area contributed by atoms with E-state index in [0.717, 1.165) is 17.4 Å². The number of hydrogen-bond donors (Lipinski definition) is 4. The molecule has 6 N–H and O–H groups in total. The summed E-state index contributed by atoms with van der Waals surface area (Å²) < 4.78 is 80.4. The van der Waals surface area contributed by atoms with Crippen LogP contribution in [0.5, 0.6) is 0 Å². The first kappa shape index (κ1) is 34.7. The van der Waals surface area contributed by atoms with Gasteiger partial charge in [-0.05, 0) is 34.9 Å².